The van der Waals surface area contributed by atoms with E-state index in [9.17, 15) is 4.79 Å². The molecule has 0 unspecified atom stereocenters. The van der Waals surface area contributed by atoms with E-state index in [1.54, 1.807) is 7.11 Å². The quantitative estimate of drug-likeness (QED) is 0.525. The van der Waals surface area contributed by atoms with Crippen LogP contribution in [-0.2, 0) is 19.9 Å². The number of hydrogen-bond donors (Lipinski definition) is 1. The second-order valence-corrected chi connectivity index (χ2v) is 6.31. The van der Waals surface area contributed by atoms with E-state index in [4.69, 9.17) is 9.47 Å². The van der Waals surface area contributed by atoms with Gasteiger partial charge in [-0.15, -0.1) is 0 Å². The van der Waals surface area contributed by atoms with E-state index in [0.29, 0.717) is 6.61 Å². The fraction of sp³-hybridized carbons (Fsp3) is 0.409. The van der Waals surface area contributed by atoms with Crippen molar-refractivity contribution in [3.05, 3.63) is 71.8 Å². The summed E-state index contributed by atoms with van der Waals surface area (Å²) in [5.41, 5.74) is 0.297. The minimum absolute atomic E-state index is 0.369. The van der Waals surface area contributed by atoms with Gasteiger partial charge < -0.3 is 14.4 Å². The Bertz CT molecular complexity index is 614. The molecule has 1 N–H and O–H groups in total. The Balaban J connectivity index is 2.20. The second-order valence-electron chi connectivity index (χ2n) is 6.31. The molecule has 0 aliphatic rings. The lowest BCUT2D eigenvalue weighted by atomic mass is 9.86. The number of benzene rings is 2. The van der Waals surface area contributed by atoms with Crippen LogP contribution in [0, 0.1) is 0 Å². The number of quaternary nitrogens is 1. The highest BCUT2D eigenvalue weighted by Gasteiger charge is 2.44. The van der Waals surface area contributed by atoms with E-state index in [-0.39, 0.29) is 5.97 Å². The molecule has 0 atom stereocenters. The predicted octanol–water partition coefficient (Wildman–Crippen LogP) is 2.43. The van der Waals surface area contributed by atoms with Crippen LogP contribution >= 0.6 is 0 Å². The summed E-state index contributed by atoms with van der Waals surface area (Å²) in [6.07, 6.45) is 0.839. The molecule has 0 saturated heterocycles. The van der Waals surface area contributed by atoms with Gasteiger partial charge >= 0.3 is 5.97 Å². The first-order chi connectivity index (χ1) is 12.7. The van der Waals surface area contributed by atoms with Crippen molar-refractivity contribution in [2.75, 3.05) is 33.4 Å². The standard InChI is InChI=1S/C22H29NO3/c1-4-23(5-2)17-12-18-26-21(24)22(25-3,19-13-8-6-9-14-19)20-15-10-7-11-16-20/h6-11,13-16H,4-5,12,17-18H2,1-3H3/p+1. The van der Waals surface area contributed by atoms with Crippen molar-refractivity contribution in [2.45, 2.75) is 25.9 Å². The Hall–Kier alpha value is -2.17. The third kappa shape index (κ3) is 4.51. The molecule has 26 heavy (non-hydrogen) atoms. The number of methoxy groups -OCH3 is 1. The molecule has 0 aromatic heterocycles. The molecule has 4 heteroatoms. The fourth-order valence-corrected chi connectivity index (χ4v) is 3.26. The number of ether oxygens (including phenoxy) is 2. The summed E-state index contributed by atoms with van der Waals surface area (Å²) in [5.74, 6) is -0.369. The van der Waals surface area contributed by atoms with Crippen molar-refractivity contribution in [3.63, 3.8) is 0 Å². The molecule has 2 rings (SSSR count). The third-order valence-corrected chi connectivity index (χ3v) is 4.86. The van der Waals surface area contributed by atoms with Crippen molar-refractivity contribution in [1.82, 2.24) is 0 Å². The van der Waals surface area contributed by atoms with Crippen LogP contribution in [0.25, 0.3) is 0 Å². The van der Waals surface area contributed by atoms with Gasteiger partial charge in [0.2, 0.25) is 5.60 Å². The number of rotatable bonds is 10. The Morgan fingerprint density at radius 3 is 1.85 bits per heavy atom. The molecule has 0 saturated carbocycles. The van der Waals surface area contributed by atoms with E-state index in [0.717, 1.165) is 37.2 Å². The first-order valence-corrected chi connectivity index (χ1v) is 9.36. The van der Waals surface area contributed by atoms with Crippen molar-refractivity contribution >= 4 is 5.97 Å². The molecule has 0 spiro atoms. The first-order valence-electron chi connectivity index (χ1n) is 9.36. The van der Waals surface area contributed by atoms with E-state index in [2.05, 4.69) is 13.8 Å². The molecule has 4 nitrogen and oxygen atoms in total. The van der Waals surface area contributed by atoms with Gasteiger partial charge in [0.05, 0.1) is 26.2 Å². The Morgan fingerprint density at radius 1 is 0.923 bits per heavy atom. The maximum Gasteiger partial charge on any atom is 0.347 e. The summed E-state index contributed by atoms with van der Waals surface area (Å²) >= 11 is 0. The molecular formula is C22H30NO3+. The number of hydrogen-bond acceptors (Lipinski definition) is 3. The minimum Gasteiger partial charge on any atom is -0.463 e. The van der Waals surface area contributed by atoms with Gasteiger partial charge in [-0.05, 0) is 25.0 Å². The maximum atomic E-state index is 13.1. The lowest BCUT2D eigenvalue weighted by molar-refractivity contribution is -0.896. The maximum absolute atomic E-state index is 13.1. The van der Waals surface area contributed by atoms with Crippen LogP contribution in [0.2, 0.25) is 0 Å². The van der Waals surface area contributed by atoms with Crippen molar-refractivity contribution in [2.24, 2.45) is 0 Å². The van der Waals surface area contributed by atoms with Crippen LogP contribution in [0.1, 0.15) is 31.4 Å². The minimum atomic E-state index is -1.25. The van der Waals surface area contributed by atoms with Gasteiger partial charge in [0.15, 0.2) is 0 Å². The van der Waals surface area contributed by atoms with Gasteiger partial charge in [0.1, 0.15) is 0 Å². The molecule has 0 aliphatic heterocycles. The topological polar surface area (TPSA) is 40.0 Å². The zero-order valence-electron chi connectivity index (χ0n) is 16.0. The highest BCUT2D eigenvalue weighted by atomic mass is 16.6. The molecule has 0 radical (unpaired) electrons. The number of carbonyl (C=O) groups is 1. The van der Waals surface area contributed by atoms with Gasteiger partial charge in [0.25, 0.3) is 0 Å². The number of nitrogens with one attached hydrogen (secondary N) is 1. The summed E-state index contributed by atoms with van der Waals surface area (Å²) in [4.78, 5) is 14.6. The Morgan fingerprint density at radius 2 is 1.42 bits per heavy atom. The van der Waals surface area contributed by atoms with Crippen molar-refractivity contribution < 1.29 is 19.2 Å². The van der Waals surface area contributed by atoms with E-state index in [1.807, 2.05) is 60.7 Å². The molecule has 0 aliphatic carbocycles. The molecule has 140 valence electrons. The summed E-state index contributed by atoms with van der Waals surface area (Å²) in [6.45, 7) is 7.90. The fourth-order valence-electron chi connectivity index (χ4n) is 3.26. The third-order valence-electron chi connectivity index (χ3n) is 4.86. The second kappa shape index (κ2) is 10.1. The van der Waals surface area contributed by atoms with Crippen LogP contribution in [-0.4, -0.2) is 39.3 Å². The average Bonchev–Trinajstić information content (AvgIpc) is 2.71. The monoisotopic (exact) mass is 356 g/mol. The molecule has 0 amide bonds. The van der Waals surface area contributed by atoms with Crippen LogP contribution in [0.3, 0.4) is 0 Å². The van der Waals surface area contributed by atoms with Crippen LogP contribution in [0.4, 0.5) is 0 Å². The Labute approximate surface area is 156 Å². The summed E-state index contributed by atoms with van der Waals surface area (Å²) in [6, 6.07) is 19.1. The van der Waals surface area contributed by atoms with Crippen molar-refractivity contribution in [3.8, 4) is 0 Å². The summed E-state index contributed by atoms with van der Waals surface area (Å²) in [7, 11) is 1.56. The molecule has 2 aromatic rings. The molecule has 0 fully saturated rings. The smallest absolute Gasteiger partial charge is 0.347 e. The number of carbonyl (C=O) groups excluding carboxylic acids is 1. The largest absolute Gasteiger partial charge is 0.463 e. The average molecular weight is 356 g/mol. The van der Waals surface area contributed by atoms with E-state index < -0.39 is 5.60 Å². The van der Waals surface area contributed by atoms with Gasteiger partial charge in [-0.1, -0.05) is 60.7 Å². The van der Waals surface area contributed by atoms with Gasteiger partial charge in [-0.3, -0.25) is 0 Å². The predicted molar refractivity (Wildman–Crippen MR) is 103 cm³/mol. The Kier molecular flexibility index (Phi) is 7.82. The zero-order chi connectivity index (χ0) is 18.8. The summed E-state index contributed by atoms with van der Waals surface area (Å²) in [5, 5.41) is 0. The van der Waals surface area contributed by atoms with Crippen LogP contribution < -0.4 is 4.90 Å². The first kappa shape index (κ1) is 20.1. The van der Waals surface area contributed by atoms with Gasteiger partial charge in [-0.25, -0.2) is 4.79 Å². The van der Waals surface area contributed by atoms with Crippen LogP contribution in [0.5, 0.6) is 0 Å². The zero-order valence-corrected chi connectivity index (χ0v) is 16.0. The highest BCUT2D eigenvalue weighted by molar-refractivity contribution is 5.85. The van der Waals surface area contributed by atoms with E-state index in [1.165, 1.54) is 4.90 Å². The van der Waals surface area contributed by atoms with Crippen LogP contribution in [0.15, 0.2) is 60.7 Å². The van der Waals surface area contributed by atoms with Crippen molar-refractivity contribution in [1.29, 1.82) is 0 Å². The molecular weight excluding hydrogens is 326 g/mol. The highest BCUT2D eigenvalue weighted by Crippen LogP contribution is 2.34. The molecule has 0 heterocycles. The SMILES string of the molecule is CC[NH+](CC)CCCOC(=O)C(OC)(c1ccccc1)c1ccccc1. The van der Waals surface area contributed by atoms with Gasteiger partial charge in [0, 0.05) is 13.5 Å². The molecule has 0 bridgehead atoms. The molecule has 2 aromatic carbocycles. The van der Waals surface area contributed by atoms with E-state index >= 15 is 0 Å². The normalized spacial score (nSPS) is 11.5. The lowest BCUT2D eigenvalue weighted by Gasteiger charge is -2.31. The number of esters is 1. The lowest BCUT2D eigenvalue weighted by Crippen LogP contribution is -3.11. The summed E-state index contributed by atoms with van der Waals surface area (Å²) < 4.78 is 11.5. The van der Waals surface area contributed by atoms with Gasteiger partial charge in [-0.2, -0.15) is 0 Å².